The molecule has 1 amide bonds. The molecule has 0 saturated heterocycles. The number of hydrogen-bond donors (Lipinski definition) is 1. The van der Waals surface area contributed by atoms with Gasteiger partial charge in [0, 0.05) is 17.0 Å². The van der Waals surface area contributed by atoms with Gasteiger partial charge in [0.05, 0.1) is 0 Å². The van der Waals surface area contributed by atoms with Gasteiger partial charge in [-0.1, -0.05) is 45.9 Å². The Kier molecular flexibility index (Phi) is 6.93. The molecule has 4 heteroatoms. The van der Waals surface area contributed by atoms with Crippen molar-refractivity contribution in [2.45, 2.75) is 45.0 Å². The molecule has 3 nitrogen and oxygen atoms in total. The zero-order valence-corrected chi connectivity index (χ0v) is 13.6. The van der Waals surface area contributed by atoms with Crippen LogP contribution in [0.5, 0.6) is 5.75 Å². The van der Waals surface area contributed by atoms with Gasteiger partial charge >= 0.3 is 0 Å². The summed E-state index contributed by atoms with van der Waals surface area (Å²) in [6, 6.07) is 9.47. The summed E-state index contributed by atoms with van der Waals surface area (Å²) in [5.74, 6) is 1.61. The number of hydrogen-bond acceptors (Lipinski definition) is 3. The average Bonchev–Trinajstić information content (AvgIpc) is 2.41. The molecule has 0 heterocycles. The summed E-state index contributed by atoms with van der Waals surface area (Å²) in [5, 5.41) is 2.94. The zero-order valence-electron chi connectivity index (χ0n) is 12.8. The summed E-state index contributed by atoms with van der Waals surface area (Å²) >= 11 is 1.84. The van der Waals surface area contributed by atoms with E-state index in [0.717, 1.165) is 11.5 Å². The molecule has 0 fully saturated rings. The lowest BCUT2D eigenvalue weighted by molar-refractivity contribution is -0.127. The van der Waals surface area contributed by atoms with E-state index in [1.807, 2.05) is 49.0 Å². The predicted octanol–water partition coefficient (Wildman–Crippen LogP) is 3.49. The maximum atomic E-state index is 12.1. The van der Waals surface area contributed by atoms with Crippen molar-refractivity contribution in [3.05, 3.63) is 30.3 Å². The van der Waals surface area contributed by atoms with Crippen LogP contribution in [-0.2, 0) is 4.79 Å². The fourth-order valence-corrected chi connectivity index (χ4v) is 2.45. The van der Waals surface area contributed by atoms with Gasteiger partial charge in [0.2, 0.25) is 0 Å². The van der Waals surface area contributed by atoms with E-state index >= 15 is 0 Å². The summed E-state index contributed by atoms with van der Waals surface area (Å²) in [7, 11) is 0. The number of thioether (sulfide) groups is 1. The van der Waals surface area contributed by atoms with Gasteiger partial charge in [-0.3, -0.25) is 4.79 Å². The minimum absolute atomic E-state index is 0.0362. The minimum atomic E-state index is -0.419. The van der Waals surface area contributed by atoms with Crippen LogP contribution in [-0.4, -0.2) is 29.1 Å². The molecular formula is C16H25NO2S. The van der Waals surface area contributed by atoms with E-state index in [9.17, 15) is 4.79 Å². The van der Waals surface area contributed by atoms with Crippen LogP contribution < -0.4 is 10.1 Å². The molecule has 1 atom stereocenters. The molecule has 0 bridgehead atoms. The SMILES string of the molecule is CCC(Oc1ccccc1)C(=O)NCCSC(C)(C)C. The summed E-state index contributed by atoms with van der Waals surface area (Å²) < 4.78 is 5.94. The number of benzene rings is 1. The van der Waals surface area contributed by atoms with Crippen LogP contribution in [0.25, 0.3) is 0 Å². The molecule has 1 aromatic rings. The molecule has 0 aliphatic rings. The van der Waals surface area contributed by atoms with Crippen molar-refractivity contribution < 1.29 is 9.53 Å². The normalized spacial score (nSPS) is 12.8. The van der Waals surface area contributed by atoms with Crippen molar-refractivity contribution in [1.82, 2.24) is 5.32 Å². The van der Waals surface area contributed by atoms with Gasteiger partial charge < -0.3 is 10.1 Å². The molecule has 1 aromatic carbocycles. The Morgan fingerprint density at radius 3 is 2.50 bits per heavy atom. The first-order chi connectivity index (χ1) is 9.42. The second kappa shape index (κ2) is 8.20. The van der Waals surface area contributed by atoms with Crippen molar-refractivity contribution in [3.63, 3.8) is 0 Å². The van der Waals surface area contributed by atoms with E-state index in [4.69, 9.17) is 4.74 Å². The van der Waals surface area contributed by atoms with Gasteiger partial charge in [-0.15, -0.1) is 0 Å². The van der Waals surface area contributed by atoms with E-state index in [2.05, 4.69) is 26.1 Å². The summed E-state index contributed by atoms with van der Waals surface area (Å²) in [5.41, 5.74) is 0. The molecule has 1 rings (SSSR count). The standard InChI is InChI=1S/C16H25NO2S/c1-5-14(19-13-9-7-6-8-10-13)15(18)17-11-12-20-16(2,3)4/h6-10,14H,5,11-12H2,1-4H3,(H,17,18). The van der Waals surface area contributed by atoms with Crippen LogP contribution in [0.3, 0.4) is 0 Å². The number of carbonyl (C=O) groups excluding carboxylic acids is 1. The maximum Gasteiger partial charge on any atom is 0.261 e. The van der Waals surface area contributed by atoms with E-state index in [-0.39, 0.29) is 10.7 Å². The molecule has 112 valence electrons. The second-order valence-corrected chi connectivity index (χ2v) is 7.50. The van der Waals surface area contributed by atoms with Gasteiger partial charge in [0.15, 0.2) is 6.10 Å². The van der Waals surface area contributed by atoms with E-state index in [0.29, 0.717) is 13.0 Å². The van der Waals surface area contributed by atoms with Crippen molar-refractivity contribution in [1.29, 1.82) is 0 Å². The van der Waals surface area contributed by atoms with Crippen LogP contribution in [0.2, 0.25) is 0 Å². The number of rotatable bonds is 7. The lowest BCUT2D eigenvalue weighted by Gasteiger charge is -2.19. The molecule has 0 spiro atoms. The van der Waals surface area contributed by atoms with Crippen LogP contribution in [0.15, 0.2) is 30.3 Å². The summed E-state index contributed by atoms with van der Waals surface area (Å²) in [6.45, 7) is 9.15. The maximum absolute atomic E-state index is 12.1. The Hall–Kier alpha value is -1.16. The summed E-state index contributed by atoms with van der Waals surface area (Å²) in [4.78, 5) is 12.1. The van der Waals surface area contributed by atoms with Gasteiger partial charge in [0.1, 0.15) is 5.75 Å². The predicted molar refractivity (Wildman–Crippen MR) is 86.4 cm³/mol. The highest BCUT2D eigenvalue weighted by atomic mass is 32.2. The smallest absolute Gasteiger partial charge is 0.261 e. The number of nitrogens with one attached hydrogen (secondary N) is 1. The Morgan fingerprint density at radius 2 is 1.95 bits per heavy atom. The van der Waals surface area contributed by atoms with Gasteiger partial charge in [0.25, 0.3) is 5.91 Å². The third-order valence-corrected chi connectivity index (χ3v) is 3.90. The van der Waals surface area contributed by atoms with Crippen LogP contribution in [0.1, 0.15) is 34.1 Å². The fourth-order valence-electron chi connectivity index (χ4n) is 1.63. The van der Waals surface area contributed by atoms with E-state index in [1.54, 1.807) is 0 Å². The molecule has 0 aliphatic heterocycles. The van der Waals surface area contributed by atoms with Crippen molar-refractivity contribution in [2.24, 2.45) is 0 Å². The molecule has 0 saturated carbocycles. The number of amides is 1. The van der Waals surface area contributed by atoms with Crippen LogP contribution in [0, 0.1) is 0 Å². The Balaban J connectivity index is 2.36. The molecular weight excluding hydrogens is 270 g/mol. The first-order valence-corrected chi connectivity index (χ1v) is 8.04. The number of para-hydroxylation sites is 1. The lowest BCUT2D eigenvalue weighted by atomic mass is 10.2. The van der Waals surface area contributed by atoms with Crippen LogP contribution >= 0.6 is 11.8 Å². The Bertz CT molecular complexity index is 401. The van der Waals surface area contributed by atoms with Gasteiger partial charge in [-0.05, 0) is 18.6 Å². The van der Waals surface area contributed by atoms with Crippen molar-refractivity contribution in [3.8, 4) is 5.75 Å². The minimum Gasteiger partial charge on any atom is -0.481 e. The number of ether oxygens (including phenoxy) is 1. The Morgan fingerprint density at radius 1 is 1.30 bits per heavy atom. The molecule has 20 heavy (non-hydrogen) atoms. The highest BCUT2D eigenvalue weighted by Gasteiger charge is 2.18. The quantitative estimate of drug-likeness (QED) is 0.783. The third kappa shape index (κ3) is 6.85. The van der Waals surface area contributed by atoms with E-state index < -0.39 is 6.10 Å². The van der Waals surface area contributed by atoms with Crippen molar-refractivity contribution in [2.75, 3.05) is 12.3 Å². The lowest BCUT2D eigenvalue weighted by Crippen LogP contribution is -2.39. The highest BCUT2D eigenvalue weighted by Crippen LogP contribution is 2.22. The fraction of sp³-hybridized carbons (Fsp3) is 0.562. The molecule has 0 radical (unpaired) electrons. The molecule has 0 aliphatic carbocycles. The first kappa shape index (κ1) is 16.9. The van der Waals surface area contributed by atoms with Gasteiger partial charge in [-0.25, -0.2) is 0 Å². The zero-order chi connectivity index (χ0) is 15.0. The first-order valence-electron chi connectivity index (χ1n) is 7.06. The van der Waals surface area contributed by atoms with Gasteiger partial charge in [-0.2, -0.15) is 11.8 Å². The van der Waals surface area contributed by atoms with Crippen molar-refractivity contribution >= 4 is 17.7 Å². The van der Waals surface area contributed by atoms with E-state index in [1.165, 1.54) is 0 Å². The number of carbonyl (C=O) groups is 1. The third-order valence-electron chi connectivity index (χ3n) is 2.62. The highest BCUT2D eigenvalue weighted by molar-refractivity contribution is 8.00. The monoisotopic (exact) mass is 295 g/mol. The molecule has 0 aromatic heterocycles. The molecule has 1 unspecified atom stereocenters. The van der Waals surface area contributed by atoms with Crippen LogP contribution in [0.4, 0.5) is 0 Å². The largest absolute Gasteiger partial charge is 0.481 e. The Labute approximate surface area is 126 Å². The average molecular weight is 295 g/mol. The topological polar surface area (TPSA) is 38.3 Å². The summed E-state index contributed by atoms with van der Waals surface area (Å²) in [6.07, 6.45) is 0.240. The second-order valence-electron chi connectivity index (χ2n) is 5.58. The molecule has 1 N–H and O–H groups in total.